The fraction of sp³-hybridized carbons (Fsp3) is 0.333. The lowest BCUT2D eigenvalue weighted by atomic mass is 10.1. The van der Waals surface area contributed by atoms with Crippen molar-refractivity contribution in [2.75, 3.05) is 13.7 Å². The molecule has 0 aliphatic carbocycles. The molecule has 0 N–H and O–H groups in total. The number of para-hydroxylation sites is 2. The predicted octanol–water partition coefficient (Wildman–Crippen LogP) is 3.72. The first-order valence-corrected chi connectivity index (χ1v) is 9.06. The first-order chi connectivity index (χ1) is 12.6. The monoisotopic (exact) mass is 349 g/mol. The lowest BCUT2D eigenvalue weighted by Gasteiger charge is -2.27. The molecule has 26 heavy (non-hydrogen) atoms. The maximum Gasteiger partial charge on any atom is 0.251 e. The van der Waals surface area contributed by atoms with Gasteiger partial charge < -0.3 is 9.64 Å². The third-order valence-corrected chi connectivity index (χ3v) is 5.24. The molecule has 0 bridgehead atoms. The minimum absolute atomic E-state index is 0.000261. The number of hydrogen-bond donors (Lipinski definition) is 0. The predicted molar refractivity (Wildman–Crippen MR) is 101 cm³/mol. The molecule has 2 aromatic carbocycles. The molecule has 5 nitrogen and oxygen atoms in total. The average molecular weight is 349 g/mol. The van der Waals surface area contributed by atoms with Crippen molar-refractivity contribution in [2.45, 2.75) is 31.9 Å². The molecule has 0 unspecified atom stereocenters. The number of likely N-dealkylation sites (N-methyl/N-ethyl adjacent to an activating group) is 1. The summed E-state index contributed by atoms with van der Waals surface area (Å²) in [5.41, 5.74) is 4.22. The van der Waals surface area contributed by atoms with Gasteiger partial charge in [0, 0.05) is 19.3 Å². The summed E-state index contributed by atoms with van der Waals surface area (Å²) in [5, 5.41) is 0. The zero-order valence-electron chi connectivity index (χ0n) is 15.1. The maximum absolute atomic E-state index is 12.5. The Bertz CT molecular complexity index is 910. The van der Waals surface area contributed by atoms with Gasteiger partial charge in [0.25, 0.3) is 5.91 Å². The lowest BCUT2D eigenvalue weighted by Crippen LogP contribution is -2.37. The number of aromatic nitrogens is 2. The van der Waals surface area contributed by atoms with E-state index in [2.05, 4.69) is 46.8 Å². The first kappa shape index (κ1) is 16.8. The number of nitrogens with zero attached hydrogens (tertiary/aromatic N) is 3. The minimum atomic E-state index is -0.279. The van der Waals surface area contributed by atoms with Crippen LogP contribution in [-0.2, 0) is 9.53 Å². The number of ether oxygens (including phenoxy) is 1. The van der Waals surface area contributed by atoms with Crippen LogP contribution < -0.4 is 0 Å². The Morgan fingerprint density at radius 1 is 1.23 bits per heavy atom. The van der Waals surface area contributed by atoms with Gasteiger partial charge in [-0.1, -0.05) is 24.3 Å². The summed E-state index contributed by atoms with van der Waals surface area (Å²) in [6.07, 6.45) is 3.35. The summed E-state index contributed by atoms with van der Waals surface area (Å²) in [5.74, 6) is 0.0691. The Balaban J connectivity index is 1.54. The Hall–Kier alpha value is -2.66. The second-order valence-corrected chi connectivity index (χ2v) is 6.82. The van der Waals surface area contributed by atoms with Crippen molar-refractivity contribution in [2.24, 2.45) is 0 Å². The number of carbonyl (C=O) groups is 1. The van der Waals surface area contributed by atoms with E-state index in [9.17, 15) is 4.79 Å². The average Bonchev–Trinajstić information content (AvgIpc) is 3.36. The number of fused-ring (bicyclic) bond motifs is 1. The van der Waals surface area contributed by atoms with Gasteiger partial charge in [0.05, 0.1) is 17.1 Å². The van der Waals surface area contributed by atoms with Crippen LogP contribution >= 0.6 is 0 Å². The quantitative estimate of drug-likeness (QED) is 0.721. The number of hydrogen-bond acceptors (Lipinski definition) is 3. The molecular weight excluding hydrogens is 326 g/mol. The van der Waals surface area contributed by atoms with Crippen LogP contribution in [0, 0.1) is 0 Å². The van der Waals surface area contributed by atoms with Gasteiger partial charge in [0.2, 0.25) is 0 Å². The van der Waals surface area contributed by atoms with Crippen molar-refractivity contribution in [3.8, 4) is 5.69 Å². The van der Waals surface area contributed by atoms with Gasteiger partial charge in [-0.2, -0.15) is 0 Å². The second-order valence-electron chi connectivity index (χ2n) is 6.82. The standard InChI is InChI=1S/C21H23N3O2/c1-15(23(2)21(25)20-8-5-13-26-20)16-9-11-17(12-10-16)24-14-22-18-6-3-4-7-19(18)24/h3-4,6-7,9-12,14-15,20H,5,8,13H2,1-2H3/t15-,20-/m1/s1. The van der Waals surface area contributed by atoms with Crippen LogP contribution in [-0.4, -0.2) is 40.1 Å². The molecule has 1 saturated heterocycles. The van der Waals surface area contributed by atoms with Crippen molar-refractivity contribution in [1.82, 2.24) is 14.5 Å². The molecule has 0 radical (unpaired) electrons. The molecule has 1 aliphatic heterocycles. The lowest BCUT2D eigenvalue weighted by molar-refractivity contribution is -0.141. The van der Waals surface area contributed by atoms with Crippen molar-refractivity contribution < 1.29 is 9.53 Å². The molecule has 5 heteroatoms. The normalized spacial score (nSPS) is 18.2. The highest BCUT2D eigenvalue weighted by Crippen LogP contribution is 2.25. The molecule has 0 saturated carbocycles. The van der Waals surface area contributed by atoms with Gasteiger partial charge >= 0.3 is 0 Å². The topological polar surface area (TPSA) is 47.4 Å². The van der Waals surface area contributed by atoms with Gasteiger partial charge in [-0.15, -0.1) is 0 Å². The van der Waals surface area contributed by atoms with Crippen LogP contribution in [0.5, 0.6) is 0 Å². The fourth-order valence-corrected chi connectivity index (χ4v) is 3.49. The first-order valence-electron chi connectivity index (χ1n) is 9.06. The van der Waals surface area contributed by atoms with Gasteiger partial charge in [0.15, 0.2) is 0 Å². The molecule has 2 heterocycles. The molecule has 2 atom stereocenters. The molecule has 3 aromatic rings. The van der Waals surface area contributed by atoms with Crippen molar-refractivity contribution in [3.63, 3.8) is 0 Å². The summed E-state index contributed by atoms with van der Waals surface area (Å²) in [6, 6.07) is 16.4. The van der Waals surface area contributed by atoms with E-state index >= 15 is 0 Å². The van der Waals surface area contributed by atoms with Crippen molar-refractivity contribution in [3.05, 3.63) is 60.4 Å². The largest absolute Gasteiger partial charge is 0.368 e. The fourth-order valence-electron chi connectivity index (χ4n) is 3.49. The van der Waals surface area contributed by atoms with Gasteiger partial charge in [-0.25, -0.2) is 4.98 Å². The smallest absolute Gasteiger partial charge is 0.251 e. The summed E-state index contributed by atoms with van der Waals surface area (Å²) < 4.78 is 7.60. The molecular formula is C21H23N3O2. The number of benzene rings is 2. The number of imidazole rings is 1. The number of carbonyl (C=O) groups excluding carboxylic acids is 1. The third kappa shape index (κ3) is 2.99. The highest BCUT2D eigenvalue weighted by Gasteiger charge is 2.29. The summed E-state index contributed by atoms with van der Waals surface area (Å²) in [6.45, 7) is 2.74. The molecule has 134 valence electrons. The van der Waals surface area contributed by atoms with E-state index in [0.29, 0.717) is 6.61 Å². The Morgan fingerprint density at radius 3 is 2.73 bits per heavy atom. The third-order valence-electron chi connectivity index (χ3n) is 5.24. The molecule has 1 fully saturated rings. The zero-order valence-corrected chi connectivity index (χ0v) is 15.1. The van der Waals surface area contributed by atoms with E-state index in [4.69, 9.17) is 4.74 Å². The van der Waals surface area contributed by atoms with E-state index in [0.717, 1.165) is 35.1 Å². The molecule has 1 amide bonds. The number of rotatable bonds is 4. The van der Waals surface area contributed by atoms with E-state index in [1.807, 2.05) is 31.6 Å². The highest BCUT2D eigenvalue weighted by molar-refractivity contribution is 5.81. The maximum atomic E-state index is 12.5. The molecule has 1 aliphatic rings. The Kier molecular flexibility index (Phi) is 4.47. The minimum Gasteiger partial charge on any atom is -0.368 e. The van der Waals surface area contributed by atoms with E-state index in [1.165, 1.54) is 0 Å². The summed E-state index contributed by atoms with van der Waals surface area (Å²) >= 11 is 0. The summed E-state index contributed by atoms with van der Waals surface area (Å²) in [4.78, 5) is 18.8. The van der Waals surface area contributed by atoms with E-state index in [-0.39, 0.29) is 18.1 Å². The molecule has 1 aromatic heterocycles. The molecule has 0 spiro atoms. The Labute approximate surface area is 153 Å². The van der Waals surface area contributed by atoms with Crippen molar-refractivity contribution in [1.29, 1.82) is 0 Å². The van der Waals surface area contributed by atoms with Crippen LogP contribution in [0.25, 0.3) is 16.7 Å². The van der Waals surface area contributed by atoms with Crippen LogP contribution in [0.4, 0.5) is 0 Å². The van der Waals surface area contributed by atoms with Crippen LogP contribution in [0.3, 0.4) is 0 Å². The second kappa shape index (κ2) is 6.92. The SMILES string of the molecule is C[C@H](c1ccc(-n2cnc3ccccc32)cc1)N(C)C(=O)[C@H]1CCCO1. The van der Waals surface area contributed by atoms with Gasteiger partial charge in [0.1, 0.15) is 12.4 Å². The summed E-state index contributed by atoms with van der Waals surface area (Å²) in [7, 11) is 1.85. The van der Waals surface area contributed by atoms with Gasteiger partial charge in [-0.05, 0) is 49.6 Å². The zero-order chi connectivity index (χ0) is 18.1. The molecule has 4 rings (SSSR count). The van der Waals surface area contributed by atoms with E-state index in [1.54, 1.807) is 4.90 Å². The van der Waals surface area contributed by atoms with Gasteiger partial charge in [-0.3, -0.25) is 9.36 Å². The Morgan fingerprint density at radius 2 is 2.00 bits per heavy atom. The van der Waals surface area contributed by atoms with Crippen LogP contribution in [0.2, 0.25) is 0 Å². The number of amides is 1. The van der Waals surface area contributed by atoms with Crippen molar-refractivity contribution >= 4 is 16.9 Å². The van der Waals surface area contributed by atoms with Crippen LogP contribution in [0.15, 0.2) is 54.9 Å². The highest BCUT2D eigenvalue weighted by atomic mass is 16.5. The van der Waals surface area contributed by atoms with E-state index < -0.39 is 0 Å². The van der Waals surface area contributed by atoms with Crippen LogP contribution in [0.1, 0.15) is 31.4 Å².